The molecule has 1 aromatic rings. The minimum Gasteiger partial charge on any atom is -0.324 e. The van der Waals surface area contributed by atoms with E-state index in [1.807, 2.05) is 4.57 Å². The third-order valence-electron chi connectivity index (χ3n) is 4.13. The largest absolute Gasteiger partial charge is 0.324 e. The number of nitrogens with zero attached hydrogens (tertiary/aromatic N) is 4. The summed E-state index contributed by atoms with van der Waals surface area (Å²) in [5.74, 6) is 0.652. The van der Waals surface area contributed by atoms with Gasteiger partial charge in [0.25, 0.3) is 0 Å². The number of hydrogen-bond donors (Lipinski definition) is 1. The smallest absolute Gasteiger partial charge is 0.243 e. The predicted octanol–water partition coefficient (Wildman–Crippen LogP) is 0.454. The van der Waals surface area contributed by atoms with Crippen LogP contribution in [0.4, 0.5) is 0 Å². The van der Waals surface area contributed by atoms with Gasteiger partial charge in [0.15, 0.2) is 5.16 Å². The molecule has 112 valence electrons. The standard InChI is InChI=1S/C13H17N5O2S/c14-6-10-15-16-13(17(10)7-1-2-7)21-9-5-11(19)18(12(9)20)8-3-4-8/h7-9H,1-6,14H2. The highest BCUT2D eigenvalue weighted by Gasteiger charge is 2.47. The minimum atomic E-state index is -0.356. The SMILES string of the molecule is NCc1nnc(SC2CC(=O)N(C3CC3)C2=O)n1C1CC1. The average Bonchev–Trinajstić information content (AvgIpc) is 3.38. The molecule has 1 atom stereocenters. The van der Waals surface area contributed by atoms with Gasteiger partial charge in [-0.15, -0.1) is 10.2 Å². The lowest BCUT2D eigenvalue weighted by molar-refractivity contribution is -0.138. The number of aromatic nitrogens is 3. The van der Waals surface area contributed by atoms with Crippen LogP contribution in [-0.4, -0.2) is 42.8 Å². The van der Waals surface area contributed by atoms with Gasteiger partial charge in [-0.3, -0.25) is 14.5 Å². The Kier molecular flexibility index (Phi) is 3.04. The van der Waals surface area contributed by atoms with Crippen molar-refractivity contribution in [2.75, 3.05) is 0 Å². The van der Waals surface area contributed by atoms with E-state index in [9.17, 15) is 9.59 Å². The molecule has 1 aliphatic heterocycles. The fraction of sp³-hybridized carbons (Fsp3) is 0.692. The Morgan fingerprint density at radius 2 is 1.86 bits per heavy atom. The summed E-state index contributed by atoms with van der Waals surface area (Å²) in [5, 5.41) is 8.64. The number of amides is 2. The summed E-state index contributed by atoms with van der Waals surface area (Å²) < 4.78 is 2.04. The Morgan fingerprint density at radius 3 is 2.48 bits per heavy atom. The Hall–Kier alpha value is -1.41. The van der Waals surface area contributed by atoms with Crippen molar-refractivity contribution in [3.63, 3.8) is 0 Å². The van der Waals surface area contributed by atoms with E-state index in [1.165, 1.54) is 16.7 Å². The molecule has 2 aliphatic carbocycles. The molecule has 0 aromatic carbocycles. The molecule has 0 bridgehead atoms. The minimum absolute atomic E-state index is 0.0449. The van der Waals surface area contributed by atoms with Crippen LogP contribution in [0.5, 0.6) is 0 Å². The molecule has 4 rings (SSSR count). The Balaban J connectivity index is 1.55. The van der Waals surface area contributed by atoms with Gasteiger partial charge in [-0.1, -0.05) is 11.8 Å². The summed E-state index contributed by atoms with van der Waals surface area (Å²) in [5.41, 5.74) is 5.70. The summed E-state index contributed by atoms with van der Waals surface area (Å²) in [6.45, 7) is 0.343. The van der Waals surface area contributed by atoms with Gasteiger partial charge in [-0.05, 0) is 25.7 Å². The van der Waals surface area contributed by atoms with Crippen molar-refractivity contribution in [1.29, 1.82) is 0 Å². The van der Waals surface area contributed by atoms with Crippen molar-refractivity contribution in [2.45, 2.75) is 61.1 Å². The maximum absolute atomic E-state index is 12.4. The molecule has 8 heteroatoms. The van der Waals surface area contributed by atoms with Crippen LogP contribution in [0.2, 0.25) is 0 Å². The van der Waals surface area contributed by atoms with Gasteiger partial charge in [-0.25, -0.2) is 0 Å². The molecular formula is C13H17N5O2S. The van der Waals surface area contributed by atoms with Crippen molar-refractivity contribution in [2.24, 2.45) is 5.73 Å². The lowest BCUT2D eigenvalue weighted by Gasteiger charge is -2.13. The topological polar surface area (TPSA) is 94.1 Å². The molecule has 7 nitrogen and oxygen atoms in total. The summed E-state index contributed by atoms with van der Waals surface area (Å²) in [7, 11) is 0. The number of thioether (sulfide) groups is 1. The third-order valence-corrected chi connectivity index (χ3v) is 5.27. The first-order chi connectivity index (χ1) is 10.2. The van der Waals surface area contributed by atoms with Crippen LogP contribution < -0.4 is 5.73 Å². The molecule has 2 N–H and O–H groups in total. The molecule has 1 aromatic heterocycles. The zero-order valence-corrected chi connectivity index (χ0v) is 12.4. The van der Waals surface area contributed by atoms with Crippen molar-refractivity contribution in [3.8, 4) is 0 Å². The number of carbonyl (C=O) groups excluding carboxylic acids is 2. The van der Waals surface area contributed by atoms with Gasteiger partial charge in [0, 0.05) is 18.5 Å². The number of carbonyl (C=O) groups is 2. The zero-order valence-electron chi connectivity index (χ0n) is 11.6. The lowest BCUT2D eigenvalue weighted by atomic mass is 10.4. The van der Waals surface area contributed by atoms with Gasteiger partial charge in [-0.2, -0.15) is 0 Å². The van der Waals surface area contributed by atoms with E-state index >= 15 is 0 Å². The van der Waals surface area contributed by atoms with Gasteiger partial charge in [0.1, 0.15) is 11.1 Å². The fourth-order valence-corrected chi connectivity index (χ4v) is 3.94. The van der Waals surface area contributed by atoms with E-state index in [0.29, 0.717) is 12.6 Å². The van der Waals surface area contributed by atoms with E-state index in [0.717, 1.165) is 36.7 Å². The summed E-state index contributed by atoms with van der Waals surface area (Å²) >= 11 is 1.36. The van der Waals surface area contributed by atoms with Crippen LogP contribution in [0.15, 0.2) is 5.16 Å². The van der Waals surface area contributed by atoms with E-state index < -0.39 is 0 Å². The van der Waals surface area contributed by atoms with E-state index in [1.54, 1.807) is 0 Å². The van der Waals surface area contributed by atoms with Gasteiger partial charge in [0.05, 0.1) is 6.54 Å². The number of rotatable bonds is 5. The monoisotopic (exact) mass is 307 g/mol. The van der Waals surface area contributed by atoms with Crippen molar-refractivity contribution < 1.29 is 9.59 Å². The molecule has 1 unspecified atom stereocenters. The molecule has 1 saturated heterocycles. The van der Waals surface area contributed by atoms with Gasteiger partial charge in [0.2, 0.25) is 11.8 Å². The normalized spacial score (nSPS) is 26.0. The molecule has 0 spiro atoms. The number of imide groups is 1. The van der Waals surface area contributed by atoms with Crippen LogP contribution in [0, 0.1) is 0 Å². The molecular weight excluding hydrogens is 290 g/mol. The quantitative estimate of drug-likeness (QED) is 0.794. The molecule has 0 radical (unpaired) electrons. The predicted molar refractivity (Wildman–Crippen MR) is 75.3 cm³/mol. The maximum Gasteiger partial charge on any atom is 0.243 e. The van der Waals surface area contributed by atoms with Crippen LogP contribution in [0.25, 0.3) is 0 Å². The van der Waals surface area contributed by atoms with Crippen molar-refractivity contribution in [3.05, 3.63) is 5.82 Å². The first-order valence-electron chi connectivity index (χ1n) is 7.35. The summed E-state index contributed by atoms with van der Waals surface area (Å²) in [4.78, 5) is 25.8. The molecule has 3 aliphatic rings. The first kappa shape index (κ1) is 13.3. The van der Waals surface area contributed by atoms with Crippen molar-refractivity contribution in [1.82, 2.24) is 19.7 Å². The van der Waals surface area contributed by atoms with E-state index in [2.05, 4.69) is 10.2 Å². The highest BCUT2D eigenvalue weighted by Crippen LogP contribution is 2.42. The van der Waals surface area contributed by atoms with Gasteiger partial charge >= 0.3 is 0 Å². The maximum atomic E-state index is 12.4. The van der Waals surface area contributed by atoms with Crippen LogP contribution in [0.3, 0.4) is 0 Å². The zero-order chi connectivity index (χ0) is 14.6. The highest BCUT2D eigenvalue weighted by molar-refractivity contribution is 8.00. The van der Waals surface area contributed by atoms with Crippen LogP contribution in [0.1, 0.15) is 44.0 Å². The molecule has 21 heavy (non-hydrogen) atoms. The molecule has 2 saturated carbocycles. The van der Waals surface area contributed by atoms with Crippen molar-refractivity contribution >= 4 is 23.6 Å². The number of nitrogens with two attached hydrogens (primary N) is 1. The number of hydrogen-bond acceptors (Lipinski definition) is 6. The molecule has 3 fully saturated rings. The second-order valence-corrected chi connectivity index (χ2v) is 7.02. The lowest BCUT2D eigenvalue weighted by Crippen LogP contribution is -2.33. The summed E-state index contributed by atoms with van der Waals surface area (Å²) in [6.07, 6.45) is 4.37. The number of likely N-dealkylation sites (tertiary alicyclic amines) is 1. The second-order valence-electron chi connectivity index (χ2n) is 5.85. The fourth-order valence-electron chi connectivity index (χ4n) is 2.78. The van der Waals surface area contributed by atoms with Gasteiger partial charge < -0.3 is 10.3 Å². The second kappa shape index (κ2) is 4.81. The highest BCUT2D eigenvalue weighted by atomic mass is 32.2. The Labute approximate surface area is 126 Å². The van der Waals surface area contributed by atoms with E-state index in [4.69, 9.17) is 5.73 Å². The first-order valence-corrected chi connectivity index (χ1v) is 8.23. The Bertz CT molecular complexity index is 608. The van der Waals surface area contributed by atoms with Crippen LogP contribution >= 0.6 is 11.8 Å². The average molecular weight is 307 g/mol. The Morgan fingerprint density at radius 1 is 1.14 bits per heavy atom. The van der Waals surface area contributed by atoms with Crippen LogP contribution in [-0.2, 0) is 16.1 Å². The summed E-state index contributed by atoms with van der Waals surface area (Å²) in [6, 6.07) is 0.560. The third kappa shape index (κ3) is 2.26. The molecule has 2 heterocycles. The van der Waals surface area contributed by atoms with E-state index in [-0.39, 0.29) is 29.5 Å². The molecule has 2 amide bonds.